The van der Waals surface area contributed by atoms with Crippen LogP contribution >= 0.6 is 24.0 Å². The molecule has 0 aliphatic carbocycles. The maximum absolute atomic E-state index is 11.9. The predicted octanol–water partition coefficient (Wildman–Crippen LogP) is 2.95. The Morgan fingerprint density at radius 2 is 2.04 bits per heavy atom. The lowest BCUT2D eigenvalue weighted by Gasteiger charge is -2.24. The number of rotatable bonds is 6. The second kappa shape index (κ2) is 11.2. The number of nitrogens with zero attached hydrogens (tertiary/aromatic N) is 3. The minimum absolute atomic E-state index is 0. The second-order valence-electron chi connectivity index (χ2n) is 7.13. The van der Waals surface area contributed by atoms with Crippen LogP contribution in [-0.2, 0) is 11.3 Å². The summed E-state index contributed by atoms with van der Waals surface area (Å²) in [6.45, 7) is 11.2. The van der Waals surface area contributed by atoms with E-state index in [1.807, 2.05) is 26.8 Å². The maximum atomic E-state index is 11.9. The van der Waals surface area contributed by atoms with Crippen molar-refractivity contribution >= 4 is 36.0 Å². The Kier molecular flexibility index (Phi) is 10.6. The number of likely N-dealkylation sites (N-methyl/N-ethyl adjacent to an activating group) is 1. The molecule has 8 nitrogen and oxygen atoms in total. The predicted molar refractivity (Wildman–Crippen MR) is 113 cm³/mol. The number of carbonyl (C=O) groups is 1. The summed E-state index contributed by atoms with van der Waals surface area (Å²) in [6, 6.07) is 1.93. The zero-order valence-corrected chi connectivity index (χ0v) is 19.1. The zero-order chi connectivity index (χ0) is 19.0. The molecule has 1 rings (SSSR count). The molecule has 0 saturated carbocycles. The quantitative estimate of drug-likeness (QED) is 0.369. The second-order valence-corrected chi connectivity index (χ2v) is 7.13. The average molecular weight is 481 g/mol. The number of nitrogens with one attached hydrogen (secondary N) is 2. The highest BCUT2D eigenvalue weighted by Gasteiger charge is 2.19. The fourth-order valence-corrected chi connectivity index (χ4v) is 1.85. The lowest BCUT2D eigenvalue weighted by atomic mass is 10.1. The van der Waals surface area contributed by atoms with Gasteiger partial charge in [0.1, 0.15) is 5.60 Å². The number of guanidine groups is 1. The third-order valence-corrected chi connectivity index (χ3v) is 3.27. The number of ether oxygens (including phenoxy) is 1. The molecule has 0 saturated heterocycles. The molecule has 0 radical (unpaired) electrons. The van der Waals surface area contributed by atoms with Gasteiger partial charge in [0, 0.05) is 33.3 Å². The van der Waals surface area contributed by atoms with Crippen LogP contribution in [0.3, 0.4) is 0 Å². The molecule has 0 aliphatic heterocycles. The van der Waals surface area contributed by atoms with Crippen LogP contribution in [0, 0.1) is 0 Å². The van der Waals surface area contributed by atoms with Gasteiger partial charge in [-0.1, -0.05) is 19.0 Å². The van der Waals surface area contributed by atoms with E-state index >= 15 is 0 Å². The monoisotopic (exact) mass is 481 g/mol. The lowest BCUT2D eigenvalue weighted by Crippen LogP contribution is -2.42. The molecule has 0 spiro atoms. The summed E-state index contributed by atoms with van der Waals surface area (Å²) in [7, 11) is 3.39. The van der Waals surface area contributed by atoms with E-state index in [4.69, 9.17) is 9.26 Å². The van der Waals surface area contributed by atoms with Crippen molar-refractivity contribution < 1.29 is 14.1 Å². The van der Waals surface area contributed by atoms with Gasteiger partial charge in [-0.05, 0) is 26.7 Å². The van der Waals surface area contributed by atoms with Crippen molar-refractivity contribution in [1.82, 2.24) is 20.7 Å². The van der Waals surface area contributed by atoms with Crippen LogP contribution in [0.5, 0.6) is 0 Å². The normalized spacial score (nSPS) is 11.8. The molecule has 0 atom stereocenters. The van der Waals surface area contributed by atoms with Gasteiger partial charge >= 0.3 is 6.09 Å². The van der Waals surface area contributed by atoms with E-state index in [-0.39, 0.29) is 30.1 Å². The molecule has 1 heterocycles. The Labute approximate surface area is 173 Å². The molecular weight excluding hydrogens is 449 g/mol. The molecule has 26 heavy (non-hydrogen) atoms. The molecule has 2 N–H and O–H groups in total. The van der Waals surface area contributed by atoms with E-state index in [1.165, 1.54) is 4.90 Å². The molecule has 0 fully saturated rings. The molecule has 150 valence electrons. The summed E-state index contributed by atoms with van der Waals surface area (Å²) in [6.07, 6.45) is -0.347. The number of carbonyl (C=O) groups excluding carboxylic acids is 1. The van der Waals surface area contributed by atoms with E-state index in [0.717, 1.165) is 11.5 Å². The lowest BCUT2D eigenvalue weighted by molar-refractivity contribution is 0.0302. The Balaban J connectivity index is 0.00000625. The van der Waals surface area contributed by atoms with Crippen molar-refractivity contribution in [2.75, 3.05) is 27.2 Å². The molecule has 0 unspecified atom stereocenters. The van der Waals surface area contributed by atoms with Crippen LogP contribution in [0.4, 0.5) is 4.79 Å². The first-order valence-corrected chi connectivity index (χ1v) is 8.46. The number of aromatic nitrogens is 1. The molecule has 1 aromatic heterocycles. The van der Waals surface area contributed by atoms with E-state index in [1.54, 1.807) is 14.1 Å². The van der Waals surface area contributed by atoms with Crippen LogP contribution in [0.2, 0.25) is 0 Å². The van der Waals surface area contributed by atoms with Gasteiger partial charge in [-0.3, -0.25) is 4.99 Å². The van der Waals surface area contributed by atoms with Crippen molar-refractivity contribution in [3.05, 3.63) is 17.5 Å². The van der Waals surface area contributed by atoms with Gasteiger partial charge in [0.05, 0.1) is 12.2 Å². The van der Waals surface area contributed by atoms with Crippen LogP contribution in [-0.4, -0.2) is 54.9 Å². The van der Waals surface area contributed by atoms with Gasteiger partial charge in [-0.2, -0.15) is 0 Å². The van der Waals surface area contributed by atoms with E-state index in [9.17, 15) is 4.79 Å². The fraction of sp³-hybridized carbons (Fsp3) is 0.706. The molecule has 9 heteroatoms. The molecule has 0 bridgehead atoms. The van der Waals surface area contributed by atoms with E-state index in [2.05, 4.69) is 34.6 Å². The maximum Gasteiger partial charge on any atom is 0.410 e. The van der Waals surface area contributed by atoms with Crippen molar-refractivity contribution in [1.29, 1.82) is 0 Å². The third kappa shape index (κ3) is 9.25. The van der Waals surface area contributed by atoms with E-state index in [0.29, 0.717) is 31.5 Å². The Bertz CT molecular complexity index is 581. The van der Waals surface area contributed by atoms with Crippen LogP contribution < -0.4 is 10.6 Å². The first kappa shape index (κ1) is 24.5. The number of halogens is 1. The van der Waals surface area contributed by atoms with Crippen LogP contribution in [0.25, 0.3) is 0 Å². The zero-order valence-electron chi connectivity index (χ0n) is 16.8. The van der Waals surface area contributed by atoms with Gasteiger partial charge in [0.15, 0.2) is 11.7 Å². The first-order valence-electron chi connectivity index (χ1n) is 8.46. The smallest absolute Gasteiger partial charge is 0.410 e. The topological polar surface area (TPSA) is 92.0 Å². The minimum atomic E-state index is -0.498. The van der Waals surface area contributed by atoms with Crippen LogP contribution in [0.1, 0.15) is 52.0 Å². The molecular formula is C17H32IN5O3. The number of aliphatic imine (C=N–C) groups is 1. The van der Waals surface area contributed by atoms with Crippen molar-refractivity contribution in [2.24, 2.45) is 4.99 Å². The number of amides is 1. The average Bonchev–Trinajstić information content (AvgIpc) is 2.97. The first-order chi connectivity index (χ1) is 11.6. The van der Waals surface area contributed by atoms with Gasteiger partial charge < -0.3 is 24.8 Å². The number of hydrogen-bond donors (Lipinski definition) is 2. The summed E-state index contributed by atoms with van der Waals surface area (Å²) < 4.78 is 10.6. The molecule has 1 amide bonds. The summed E-state index contributed by atoms with van der Waals surface area (Å²) in [4.78, 5) is 17.6. The van der Waals surface area contributed by atoms with Gasteiger partial charge in [0.25, 0.3) is 0 Å². The van der Waals surface area contributed by atoms with Gasteiger partial charge in [0.2, 0.25) is 0 Å². The Hall–Kier alpha value is -1.52. The van der Waals surface area contributed by atoms with Crippen molar-refractivity contribution in [3.63, 3.8) is 0 Å². The Morgan fingerprint density at radius 1 is 1.38 bits per heavy atom. The highest BCUT2D eigenvalue weighted by molar-refractivity contribution is 14.0. The molecule has 1 aromatic rings. The summed E-state index contributed by atoms with van der Waals surface area (Å²) in [5.74, 6) is 1.70. The molecule has 0 aromatic carbocycles. The summed E-state index contributed by atoms with van der Waals surface area (Å²) >= 11 is 0. The SMILES string of the molecule is CN=C(NCCN(C)C(=O)OC(C)(C)C)NCc1cc(C(C)C)no1.I. The largest absolute Gasteiger partial charge is 0.444 e. The highest BCUT2D eigenvalue weighted by Crippen LogP contribution is 2.13. The summed E-state index contributed by atoms with van der Waals surface area (Å²) in [5, 5.41) is 10.3. The Morgan fingerprint density at radius 3 is 2.54 bits per heavy atom. The summed E-state index contributed by atoms with van der Waals surface area (Å²) in [5.41, 5.74) is 0.432. The van der Waals surface area contributed by atoms with Gasteiger partial charge in [-0.15, -0.1) is 24.0 Å². The standard InChI is InChI=1S/C17H31N5O3.HI/c1-12(2)14-10-13(25-21-14)11-20-15(18-6)19-8-9-22(7)16(23)24-17(3,4)5;/h10,12H,8-9,11H2,1-7H3,(H2,18,19,20);1H. The van der Waals surface area contributed by atoms with Crippen LogP contribution in [0.15, 0.2) is 15.6 Å². The molecule has 0 aliphatic rings. The van der Waals surface area contributed by atoms with Gasteiger partial charge in [-0.25, -0.2) is 4.79 Å². The third-order valence-electron chi connectivity index (χ3n) is 3.27. The fourth-order valence-electron chi connectivity index (χ4n) is 1.85. The van der Waals surface area contributed by atoms with Crippen molar-refractivity contribution in [3.8, 4) is 0 Å². The minimum Gasteiger partial charge on any atom is -0.444 e. The van der Waals surface area contributed by atoms with E-state index < -0.39 is 5.60 Å². The highest BCUT2D eigenvalue weighted by atomic mass is 127. The van der Waals surface area contributed by atoms with Crippen molar-refractivity contribution in [2.45, 2.75) is 52.7 Å². The number of hydrogen-bond acceptors (Lipinski definition) is 5.